The van der Waals surface area contributed by atoms with Crippen LogP contribution in [0.25, 0.3) is 0 Å². The molecule has 0 amide bonds. The Labute approximate surface area is 222 Å². The van der Waals surface area contributed by atoms with Crippen molar-refractivity contribution in [3.05, 3.63) is 41.7 Å². The van der Waals surface area contributed by atoms with Crippen LogP contribution in [-0.2, 0) is 54.2 Å². The number of nitrogen functional groups attached to an aromatic ring is 1. The Hall–Kier alpha value is -4.53. The second kappa shape index (κ2) is 12.8. The molecule has 1 saturated heterocycles. The van der Waals surface area contributed by atoms with Gasteiger partial charge >= 0.3 is 29.8 Å². The van der Waals surface area contributed by atoms with Gasteiger partial charge in [0.25, 0.3) is 0 Å². The molecule has 0 spiro atoms. The number of hydrogen-bond acceptors (Lipinski definition) is 14. The van der Waals surface area contributed by atoms with Gasteiger partial charge in [0.1, 0.15) is 25.0 Å². The molecule has 2 N–H and O–H groups in total. The number of carbonyl (C=O) groups excluding carboxylic acids is 5. The molecule has 0 saturated carbocycles. The van der Waals surface area contributed by atoms with Crippen molar-refractivity contribution >= 4 is 35.5 Å². The average Bonchev–Trinajstić information content (AvgIpc) is 3.32. The molecule has 1 aromatic heterocycles. The Morgan fingerprint density at radius 1 is 0.846 bits per heavy atom. The van der Waals surface area contributed by atoms with E-state index in [-0.39, 0.29) is 17.9 Å². The maximum absolute atomic E-state index is 12.3. The van der Waals surface area contributed by atoms with E-state index in [1.54, 1.807) is 12.1 Å². The van der Waals surface area contributed by atoms with Crippen LogP contribution < -0.4 is 5.73 Å². The van der Waals surface area contributed by atoms with E-state index in [2.05, 4.69) is 10.3 Å². The van der Waals surface area contributed by atoms with Gasteiger partial charge in [-0.25, -0.2) is 9.48 Å². The maximum Gasteiger partial charge on any atom is 0.338 e. The van der Waals surface area contributed by atoms with Crippen LogP contribution in [0, 0.1) is 0 Å². The van der Waals surface area contributed by atoms with Crippen LogP contribution in [0.4, 0.5) is 5.69 Å². The standard InChI is InChI=1S/C24H28N4O11/c1-12(29)34-11-19-20(36-13(2)30)21(37-14(3)31)22(38-15(4)32)23(39-19)28-9-18(26-27-28)10-35-24(33)16-5-7-17(25)8-6-16/h5-9,19-23H,10-11,25H2,1-4H3/t19-,20-,21+,22+,23+/m1/s1. The molecule has 0 radical (unpaired) electrons. The molecule has 3 rings (SSSR count). The smallest absolute Gasteiger partial charge is 0.338 e. The van der Waals surface area contributed by atoms with E-state index in [0.29, 0.717) is 5.69 Å². The van der Waals surface area contributed by atoms with Gasteiger partial charge in [-0.1, -0.05) is 5.21 Å². The number of hydrogen-bond donors (Lipinski definition) is 1. The number of esters is 5. The fourth-order valence-corrected chi connectivity index (χ4v) is 3.76. The number of rotatable bonds is 9. The van der Waals surface area contributed by atoms with Gasteiger partial charge in [-0.05, 0) is 24.3 Å². The van der Waals surface area contributed by atoms with Crippen LogP contribution in [0.2, 0.25) is 0 Å². The summed E-state index contributed by atoms with van der Waals surface area (Å²) in [6.45, 7) is 3.86. The summed E-state index contributed by atoms with van der Waals surface area (Å²) in [7, 11) is 0. The highest BCUT2D eigenvalue weighted by Gasteiger charge is 2.53. The van der Waals surface area contributed by atoms with E-state index in [1.165, 1.54) is 25.3 Å². The molecule has 1 aromatic carbocycles. The molecule has 0 aliphatic carbocycles. The molecule has 1 aliphatic rings. The Morgan fingerprint density at radius 3 is 2.03 bits per heavy atom. The Balaban J connectivity index is 1.88. The van der Waals surface area contributed by atoms with Crippen LogP contribution in [0.1, 0.15) is 50.0 Å². The monoisotopic (exact) mass is 548 g/mol. The van der Waals surface area contributed by atoms with Gasteiger partial charge in [0, 0.05) is 33.4 Å². The first kappa shape index (κ1) is 29.0. The molecular formula is C24H28N4O11. The van der Waals surface area contributed by atoms with Crippen LogP contribution in [0.15, 0.2) is 30.5 Å². The quantitative estimate of drug-likeness (QED) is 0.258. The zero-order chi connectivity index (χ0) is 28.7. The molecule has 0 unspecified atom stereocenters. The van der Waals surface area contributed by atoms with Crippen molar-refractivity contribution in [3.63, 3.8) is 0 Å². The lowest BCUT2D eigenvalue weighted by molar-refractivity contribution is -0.270. The number of nitrogens with zero attached hydrogens (tertiary/aromatic N) is 3. The van der Waals surface area contributed by atoms with E-state index >= 15 is 0 Å². The van der Waals surface area contributed by atoms with Gasteiger partial charge in [0.05, 0.1) is 11.8 Å². The zero-order valence-electron chi connectivity index (χ0n) is 21.6. The third-order valence-corrected chi connectivity index (χ3v) is 5.28. The fourth-order valence-electron chi connectivity index (χ4n) is 3.76. The third kappa shape index (κ3) is 7.98. The van der Waals surface area contributed by atoms with Crippen LogP contribution in [0.3, 0.4) is 0 Å². The molecular weight excluding hydrogens is 520 g/mol. The molecule has 1 aliphatic heterocycles. The maximum atomic E-state index is 12.3. The first-order chi connectivity index (χ1) is 18.4. The average molecular weight is 549 g/mol. The topological polar surface area (TPSA) is 197 Å². The minimum absolute atomic E-state index is 0.201. The first-order valence-electron chi connectivity index (χ1n) is 11.7. The van der Waals surface area contributed by atoms with Gasteiger partial charge in [0.2, 0.25) is 0 Å². The molecule has 5 atom stereocenters. The summed E-state index contributed by atoms with van der Waals surface area (Å²) in [5, 5.41) is 7.93. The summed E-state index contributed by atoms with van der Waals surface area (Å²) in [6, 6.07) is 6.12. The van der Waals surface area contributed by atoms with Gasteiger partial charge in [-0.2, -0.15) is 0 Å². The van der Waals surface area contributed by atoms with E-state index in [0.717, 1.165) is 25.5 Å². The van der Waals surface area contributed by atoms with Gasteiger partial charge in [0.15, 0.2) is 24.5 Å². The van der Waals surface area contributed by atoms with Crippen molar-refractivity contribution in [1.82, 2.24) is 15.0 Å². The van der Waals surface area contributed by atoms with Crippen LogP contribution in [-0.4, -0.2) is 75.9 Å². The van der Waals surface area contributed by atoms with Crippen molar-refractivity contribution in [2.75, 3.05) is 12.3 Å². The summed E-state index contributed by atoms with van der Waals surface area (Å²) in [5.74, 6) is -3.55. The minimum atomic E-state index is -1.37. The molecule has 0 bridgehead atoms. The predicted octanol–water partition coefficient (Wildman–Crippen LogP) is 0.473. The van der Waals surface area contributed by atoms with Crippen LogP contribution in [0.5, 0.6) is 0 Å². The zero-order valence-corrected chi connectivity index (χ0v) is 21.6. The number of benzene rings is 1. The number of aromatic nitrogens is 3. The highest BCUT2D eigenvalue weighted by atomic mass is 16.7. The normalized spacial score (nSPS) is 22.3. The van der Waals surface area contributed by atoms with E-state index < -0.39 is 67.1 Å². The van der Waals surface area contributed by atoms with Crippen LogP contribution >= 0.6 is 0 Å². The molecule has 15 nitrogen and oxygen atoms in total. The van der Waals surface area contributed by atoms with Crippen molar-refractivity contribution in [2.45, 2.75) is 64.9 Å². The highest BCUT2D eigenvalue weighted by Crippen LogP contribution is 2.34. The summed E-state index contributed by atoms with van der Waals surface area (Å²) in [5.41, 5.74) is 6.59. The molecule has 39 heavy (non-hydrogen) atoms. The predicted molar refractivity (Wildman–Crippen MR) is 127 cm³/mol. The molecule has 15 heteroatoms. The van der Waals surface area contributed by atoms with E-state index in [1.807, 2.05) is 0 Å². The van der Waals surface area contributed by atoms with Crippen molar-refractivity contribution in [1.29, 1.82) is 0 Å². The van der Waals surface area contributed by atoms with Gasteiger partial charge in [-0.3, -0.25) is 19.2 Å². The van der Waals surface area contributed by atoms with Crippen molar-refractivity contribution < 1.29 is 52.4 Å². The number of ether oxygens (including phenoxy) is 6. The summed E-state index contributed by atoms with van der Waals surface area (Å²) < 4.78 is 33.6. The number of anilines is 1. The SMILES string of the molecule is CC(=O)OC[C@H]1O[C@H](n2cc(COC(=O)c3ccc(N)cc3)nn2)[C@@H](OC(C)=O)[C@@H](OC(C)=O)[C@@H]1OC(C)=O. The lowest BCUT2D eigenvalue weighted by Crippen LogP contribution is -2.60. The van der Waals surface area contributed by atoms with E-state index in [9.17, 15) is 24.0 Å². The molecule has 2 heterocycles. The summed E-state index contributed by atoms with van der Waals surface area (Å²) in [6.07, 6.45) is -5.12. The number of nitrogens with two attached hydrogens (primary N) is 1. The first-order valence-corrected chi connectivity index (χ1v) is 11.7. The Bertz CT molecular complexity index is 1210. The second-order valence-electron chi connectivity index (χ2n) is 8.48. The Morgan fingerprint density at radius 2 is 1.44 bits per heavy atom. The Kier molecular flexibility index (Phi) is 9.54. The van der Waals surface area contributed by atoms with E-state index in [4.69, 9.17) is 34.2 Å². The highest BCUT2D eigenvalue weighted by molar-refractivity contribution is 5.89. The molecule has 210 valence electrons. The van der Waals surface area contributed by atoms with Gasteiger partial charge < -0.3 is 34.2 Å². The lowest BCUT2D eigenvalue weighted by atomic mass is 9.97. The summed E-state index contributed by atoms with van der Waals surface area (Å²) in [4.78, 5) is 59.6. The second-order valence-corrected chi connectivity index (χ2v) is 8.48. The van der Waals surface area contributed by atoms with Crippen molar-refractivity contribution in [2.24, 2.45) is 0 Å². The minimum Gasteiger partial charge on any atom is -0.463 e. The lowest BCUT2D eigenvalue weighted by Gasteiger charge is -2.44. The summed E-state index contributed by atoms with van der Waals surface area (Å²) >= 11 is 0. The molecule has 2 aromatic rings. The number of carbonyl (C=O) groups is 5. The van der Waals surface area contributed by atoms with Crippen molar-refractivity contribution in [3.8, 4) is 0 Å². The molecule has 1 fully saturated rings. The fraction of sp³-hybridized carbons (Fsp3) is 0.458. The third-order valence-electron chi connectivity index (χ3n) is 5.28. The largest absolute Gasteiger partial charge is 0.463 e. The van der Waals surface area contributed by atoms with Gasteiger partial charge in [-0.15, -0.1) is 5.10 Å².